The molecule has 1 atom stereocenters. The van der Waals surface area contributed by atoms with Crippen LogP contribution >= 0.6 is 0 Å². The Labute approximate surface area is 94.6 Å². The second-order valence-electron chi connectivity index (χ2n) is 4.20. The fourth-order valence-electron chi connectivity index (χ4n) is 1.25. The van der Waals surface area contributed by atoms with E-state index in [0.29, 0.717) is 0 Å². The van der Waals surface area contributed by atoms with Crippen LogP contribution in [-0.2, 0) is 14.3 Å². The molecule has 0 bridgehead atoms. The van der Waals surface area contributed by atoms with E-state index in [-0.39, 0.29) is 19.6 Å². The minimum atomic E-state index is -0.976. The number of methoxy groups -OCH3 is 1. The van der Waals surface area contributed by atoms with Crippen molar-refractivity contribution in [1.82, 2.24) is 5.32 Å². The van der Waals surface area contributed by atoms with Gasteiger partial charge in [0.1, 0.15) is 6.10 Å². The molecule has 0 fully saturated rings. The number of aliphatic hydroxyl groups excluding tert-OH is 1. The predicted octanol–water partition coefficient (Wildman–Crippen LogP) is -0.389. The number of amides is 1. The van der Waals surface area contributed by atoms with E-state index in [0.717, 1.165) is 0 Å². The molecule has 0 aromatic rings. The maximum Gasteiger partial charge on any atom is 0.305 e. The van der Waals surface area contributed by atoms with Gasteiger partial charge in [-0.3, -0.25) is 9.59 Å². The molecule has 0 heterocycles. The van der Waals surface area contributed by atoms with Gasteiger partial charge in [0.05, 0.1) is 13.0 Å². The minimum Gasteiger partial charge on any atom is -0.481 e. The van der Waals surface area contributed by atoms with Crippen molar-refractivity contribution in [2.24, 2.45) is 5.41 Å². The number of nitrogens with one attached hydrogen (secondary N) is 1. The Bertz CT molecular complexity index is 252. The topological polar surface area (TPSA) is 95.9 Å². The van der Waals surface area contributed by atoms with Crippen LogP contribution < -0.4 is 5.32 Å². The van der Waals surface area contributed by atoms with Crippen LogP contribution in [0.25, 0.3) is 0 Å². The third-order valence-electron chi connectivity index (χ3n) is 2.23. The third kappa shape index (κ3) is 4.59. The molecule has 6 heteroatoms. The smallest absolute Gasteiger partial charge is 0.305 e. The molecule has 0 radical (unpaired) electrons. The Morgan fingerprint density at radius 3 is 2.38 bits per heavy atom. The van der Waals surface area contributed by atoms with Crippen molar-refractivity contribution in [3.8, 4) is 0 Å². The van der Waals surface area contributed by atoms with Crippen LogP contribution in [-0.4, -0.2) is 48.5 Å². The number of ether oxygens (including phenoxy) is 1. The second kappa shape index (κ2) is 6.44. The van der Waals surface area contributed by atoms with Gasteiger partial charge in [-0.05, 0) is 0 Å². The number of hydrogen-bond donors (Lipinski definition) is 3. The van der Waals surface area contributed by atoms with Crippen molar-refractivity contribution < 1.29 is 24.5 Å². The van der Waals surface area contributed by atoms with Crippen molar-refractivity contribution >= 4 is 11.9 Å². The Balaban J connectivity index is 4.27. The molecule has 0 aromatic heterocycles. The lowest BCUT2D eigenvalue weighted by atomic mass is 9.87. The molecule has 0 saturated heterocycles. The fourth-order valence-corrected chi connectivity index (χ4v) is 1.25. The number of rotatable bonds is 7. The molecule has 0 aromatic carbocycles. The summed E-state index contributed by atoms with van der Waals surface area (Å²) in [5, 5.41) is 20.0. The van der Waals surface area contributed by atoms with Gasteiger partial charge in [0.2, 0.25) is 5.91 Å². The summed E-state index contributed by atoms with van der Waals surface area (Å²) >= 11 is 0. The molecule has 0 aliphatic rings. The maximum atomic E-state index is 11.6. The highest BCUT2D eigenvalue weighted by Gasteiger charge is 2.34. The largest absolute Gasteiger partial charge is 0.481 e. The highest BCUT2D eigenvalue weighted by Crippen LogP contribution is 2.22. The van der Waals surface area contributed by atoms with Gasteiger partial charge in [-0.15, -0.1) is 0 Å². The van der Waals surface area contributed by atoms with Crippen molar-refractivity contribution in [3.63, 3.8) is 0 Å². The van der Waals surface area contributed by atoms with E-state index in [2.05, 4.69) is 5.32 Å². The first kappa shape index (κ1) is 14.9. The highest BCUT2D eigenvalue weighted by molar-refractivity contribution is 5.82. The number of carboxylic acids is 1. The van der Waals surface area contributed by atoms with Gasteiger partial charge in [-0.1, -0.05) is 13.8 Å². The minimum absolute atomic E-state index is 0.0511. The summed E-state index contributed by atoms with van der Waals surface area (Å²) in [4.78, 5) is 21.9. The van der Waals surface area contributed by atoms with E-state index in [9.17, 15) is 9.59 Å². The highest BCUT2D eigenvalue weighted by atomic mass is 16.5. The number of carbonyl (C=O) groups is 2. The molecule has 0 aliphatic heterocycles. The van der Waals surface area contributed by atoms with Gasteiger partial charge in [0.15, 0.2) is 0 Å². The van der Waals surface area contributed by atoms with Gasteiger partial charge < -0.3 is 20.3 Å². The average molecular weight is 233 g/mol. The summed E-state index contributed by atoms with van der Waals surface area (Å²) in [6, 6.07) is 0. The molecular weight excluding hydrogens is 214 g/mol. The van der Waals surface area contributed by atoms with Crippen molar-refractivity contribution in [3.05, 3.63) is 0 Å². The Morgan fingerprint density at radius 2 is 2.00 bits per heavy atom. The Morgan fingerprint density at radius 1 is 1.44 bits per heavy atom. The zero-order valence-electron chi connectivity index (χ0n) is 9.82. The lowest BCUT2D eigenvalue weighted by Crippen LogP contribution is -2.47. The summed E-state index contributed by atoms with van der Waals surface area (Å²) in [6.07, 6.45) is -0.937. The van der Waals surface area contributed by atoms with Crippen molar-refractivity contribution in [2.75, 3.05) is 20.3 Å². The van der Waals surface area contributed by atoms with E-state index in [1.54, 1.807) is 13.8 Å². The monoisotopic (exact) mass is 233 g/mol. The number of carbonyl (C=O) groups excluding carboxylic acids is 1. The van der Waals surface area contributed by atoms with Crippen molar-refractivity contribution in [2.45, 2.75) is 26.4 Å². The average Bonchev–Trinajstić information content (AvgIpc) is 2.17. The molecule has 0 saturated carbocycles. The van der Waals surface area contributed by atoms with Crippen LogP contribution in [0.3, 0.4) is 0 Å². The number of aliphatic hydroxyl groups is 1. The molecule has 0 aliphatic carbocycles. The molecule has 1 unspecified atom stereocenters. The zero-order chi connectivity index (χ0) is 12.8. The SMILES string of the molecule is COC(C(=O)NCCC(=O)O)C(C)(C)CO. The summed E-state index contributed by atoms with van der Waals surface area (Å²) < 4.78 is 5.01. The first-order valence-corrected chi connectivity index (χ1v) is 4.98. The lowest BCUT2D eigenvalue weighted by molar-refractivity contribution is -0.140. The van der Waals surface area contributed by atoms with Gasteiger partial charge in [0.25, 0.3) is 0 Å². The van der Waals surface area contributed by atoms with Crippen LogP contribution in [0.2, 0.25) is 0 Å². The summed E-state index contributed by atoms with van der Waals surface area (Å²) in [6.45, 7) is 3.24. The Hall–Kier alpha value is -1.14. The quantitative estimate of drug-likeness (QED) is 0.556. The molecular formula is C10H19NO5. The first-order valence-electron chi connectivity index (χ1n) is 4.98. The molecule has 6 nitrogen and oxygen atoms in total. The van der Waals surface area contributed by atoms with Gasteiger partial charge in [-0.25, -0.2) is 0 Å². The summed E-state index contributed by atoms with van der Waals surface area (Å²) in [5.74, 6) is -1.39. The van der Waals surface area contributed by atoms with Crippen LogP contribution in [0.15, 0.2) is 0 Å². The second-order valence-corrected chi connectivity index (χ2v) is 4.20. The number of aliphatic carboxylic acids is 1. The van der Waals surface area contributed by atoms with E-state index in [4.69, 9.17) is 14.9 Å². The van der Waals surface area contributed by atoms with E-state index >= 15 is 0 Å². The lowest BCUT2D eigenvalue weighted by Gasteiger charge is -2.30. The maximum absolute atomic E-state index is 11.6. The number of hydrogen-bond acceptors (Lipinski definition) is 4. The molecule has 0 rings (SSSR count). The third-order valence-corrected chi connectivity index (χ3v) is 2.23. The fraction of sp³-hybridized carbons (Fsp3) is 0.800. The van der Waals surface area contributed by atoms with Gasteiger partial charge in [0, 0.05) is 19.1 Å². The van der Waals surface area contributed by atoms with Gasteiger partial charge >= 0.3 is 5.97 Å². The van der Waals surface area contributed by atoms with E-state index in [1.165, 1.54) is 7.11 Å². The van der Waals surface area contributed by atoms with Gasteiger partial charge in [-0.2, -0.15) is 0 Å². The Kier molecular flexibility index (Phi) is 5.98. The zero-order valence-corrected chi connectivity index (χ0v) is 9.82. The molecule has 94 valence electrons. The first-order chi connectivity index (χ1) is 7.35. The molecule has 0 spiro atoms. The van der Waals surface area contributed by atoms with Crippen LogP contribution in [0.4, 0.5) is 0 Å². The van der Waals surface area contributed by atoms with Crippen LogP contribution in [0, 0.1) is 5.41 Å². The van der Waals surface area contributed by atoms with Crippen molar-refractivity contribution in [1.29, 1.82) is 0 Å². The van der Waals surface area contributed by atoms with E-state index in [1.807, 2.05) is 0 Å². The van der Waals surface area contributed by atoms with Crippen LogP contribution in [0.5, 0.6) is 0 Å². The normalized spacial score (nSPS) is 13.2. The summed E-state index contributed by atoms with van der Waals surface area (Å²) in [5.41, 5.74) is -0.706. The predicted molar refractivity (Wildman–Crippen MR) is 56.9 cm³/mol. The van der Waals surface area contributed by atoms with Crippen LogP contribution in [0.1, 0.15) is 20.3 Å². The molecule has 3 N–H and O–H groups in total. The van der Waals surface area contributed by atoms with E-state index < -0.39 is 23.4 Å². The summed E-state index contributed by atoms with van der Waals surface area (Å²) in [7, 11) is 1.37. The molecule has 1 amide bonds. The molecule has 16 heavy (non-hydrogen) atoms. The standard InChI is InChI=1S/C10H19NO5/c1-10(2,6-12)8(16-3)9(15)11-5-4-7(13)14/h8,12H,4-6H2,1-3H3,(H,11,15)(H,13,14). The number of carboxylic acid groups (broad SMARTS) is 1.